The van der Waals surface area contributed by atoms with Crippen molar-refractivity contribution >= 4 is 22.8 Å². The fourth-order valence-corrected chi connectivity index (χ4v) is 3.81. The van der Waals surface area contributed by atoms with Gasteiger partial charge >= 0.3 is 11.9 Å². The molecule has 1 aliphatic rings. The minimum absolute atomic E-state index is 0.0162. The molecule has 108 valence electrons. The summed E-state index contributed by atoms with van der Waals surface area (Å²) in [7, 11) is 0. The van der Waals surface area contributed by atoms with Crippen molar-refractivity contribution in [2.75, 3.05) is 11.5 Å². The number of benzene rings is 1. The van der Waals surface area contributed by atoms with E-state index in [1.54, 1.807) is 11.8 Å². The van der Waals surface area contributed by atoms with Crippen LogP contribution in [0.4, 0.5) is 13.2 Å². The Labute approximate surface area is 117 Å². The van der Waals surface area contributed by atoms with E-state index in [0.717, 1.165) is 24.7 Å². The summed E-state index contributed by atoms with van der Waals surface area (Å²) < 4.78 is 40.7. The van der Waals surface area contributed by atoms with Crippen LogP contribution in [0.25, 0.3) is 11.0 Å². The number of aromatic nitrogens is 2. The summed E-state index contributed by atoms with van der Waals surface area (Å²) in [6, 6.07) is 3.69. The van der Waals surface area contributed by atoms with Crippen LogP contribution in [0.15, 0.2) is 23.0 Å². The zero-order valence-electron chi connectivity index (χ0n) is 10.5. The third-order valence-electron chi connectivity index (χ3n) is 3.54. The Morgan fingerprint density at radius 1 is 1.35 bits per heavy atom. The molecule has 0 saturated carbocycles. The highest BCUT2D eigenvalue weighted by Crippen LogP contribution is 2.36. The van der Waals surface area contributed by atoms with Crippen LogP contribution < -0.4 is 5.69 Å². The van der Waals surface area contributed by atoms with Gasteiger partial charge in [-0.1, -0.05) is 6.07 Å². The van der Waals surface area contributed by atoms with E-state index in [-0.39, 0.29) is 17.1 Å². The average molecular weight is 302 g/mol. The van der Waals surface area contributed by atoms with E-state index in [0.29, 0.717) is 5.75 Å². The normalized spacial score (nSPS) is 20.4. The topological polar surface area (TPSA) is 37.8 Å². The fraction of sp³-hybridized carbons (Fsp3) is 0.462. The number of H-pyrrole nitrogens is 1. The van der Waals surface area contributed by atoms with Crippen LogP contribution in [-0.4, -0.2) is 21.1 Å². The van der Waals surface area contributed by atoms with E-state index < -0.39 is 17.4 Å². The first kappa shape index (κ1) is 13.6. The fourth-order valence-electron chi connectivity index (χ4n) is 2.69. The standard InChI is InChI=1S/C13H13F3N2OS/c14-13(15,16)9-4-1-5-10-11(9)18(12(19)17-10)8-3-2-6-20-7-8/h1,4-5,8H,2-3,6-7H2,(H,17,19). The predicted molar refractivity (Wildman–Crippen MR) is 73.2 cm³/mol. The number of aromatic amines is 1. The Hall–Kier alpha value is -1.37. The molecule has 2 heterocycles. The Balaban J connectivity index is 2.25. The highest BCUT2D eigenvalue weighted by molar-refractivity contribution is 7.99. The summed E-state index contributed by atoms with van der Waals surface area (Å²) in [6.07, 6.45) is -2.80. The molecular formula is C13H13F3N2OS. The Kier molecular flexibility index (Phi) is 3.32. The predicted octanol–water partition coefficient (Wildman–Crippen LogP) is 3.42. The lowest BCUT2D eigenvalue weighted by molar-refractivity contribution is -0.136. The second-order valence-corrected chi connectivity index (χ2v) is 6.02. The first-order valence-electron chi connectivity index (χ1n) is 6.36. The molecule has 0 bridgehead atoms. The maximum absolute atomic E-state index is 13.1. The highest BCUT2D eigenvalue weighted by Gasteiger charge is 2.35. The highest BCUT2D eigenvalue weighted by atomic mass is 32.2. The van der Waals surface area contributed by atoms with Crippen molar-refractivity contribution in [2.45, 2.75) is 25.1 Å². The summed E-state index contributed by atoms with van der Waals surface area (Å²) in [6.45, 7) is 0. The molecule has 1 aromatic carbocycles. The first-order valence-corrected chi connectivity index (χ1v) is 7.52. The third-order valence-corrected chi connectivity index (χ3v) is 4.74. The van der Waals surface area contributed by atoms with Crippen LogP contribution in [0.2, 0.25) is 0 Å². The Bertz CT molecular complexity index is 683. The monoisotopic (exact) mass is 302 g/mol. The van der Waals surface area contributed by atoms with Crippen LogP contribution in [0.1, 0.15) is 24.4 Å². The molecule has 1 aromatic heterocycles. The summed E-state index contributed by atoms with van der Waals surface area (Å²) >= 11 is 1.68. The number of thioether (sulfide) groups is 1. The zero-order valence-corrected chi connectivity index (χ0v) is 11.4. The van der Waals surface area contributed by atoms with Crippen molar-refractivity contribution in [3.63, 3.8) is 0 Å². The quantitative estimate of drug-likeness (QED) is 0.876. The van der Waals surface area contributed by atoms with E-state index in [1.165, 1.54) is 16.7 Å². The molecule has 1 aliphatic heterocycles. The van der Waals surface area contributed by atoms with Gasteiger partial charge in [0.15, 0.2) is 0 Å². The zero-order chi connectivity index (χ0) is 14.3. The minimum Gasteiger partial charge on any atom is -0.306 e. The SMILES string of the molecule is O=c1[nH]c2cccc(C(F)(F)F)c2n1C1CCCSC1. The second kappa shape index (κ2) is 4.87. The molecule has 3 rings (SSSR count). The molecule has 20 heavy (non-hydrogen) atoms. The lowest BCUT2D eigenvalue weighted by Crippen LogP contribution is -2.26. The number of halogens is 3. The molecule has 1 fully saturated rings. The van der Waals surface area contributed by atoms with Gasteiger partial charge in [0, 0.05) is 11.8 Å². The van der Waals surface area contributed by atoms with Gasteiger partial charge in [0.2, 0.25) is 0 Å². The van der Waals surface area contributed by atoms with E-state index in [2.05, 4.69) is 4.98 Å². The van der Waals surface area contributed by atoms with E-state index >= 15 is 0 Å². The molecule has 3 nitrogen and oxygen atoms in total. The van der Waals surface area contributed by atoms with Crippen molar-refractivity contribution in [1.82, 2.24) is 9.55 Å². The molecular weight excluding hydrogens is 289 g/mol. The molecule has 1 N–H and O–H groups in total. The van der Waals surface area contributed by atoms with Crippen molar-refractivity contribution in [3.8, 4) is 0 Å². The number of rotatable bonds is 1. The van der Waals surface area contributed by atoms with Crippen LogP contribution in [0, 0.1) is 0 Å². The molecule has 0 spiro atoms. The number of fused-ring (bicyclic) bond motifs is 1. The van der Waals surface area contributed by atoms with Gasteiger partial charge in [-0.25, -0.2) is 4.79 Å². The van der Waals surface area contributed by atoms with Crippen molar-refractivity contribution in [3.05, 3.63) is 34.2 Å². The number of nitrogens with zero attached hydrogens (tertiary/aromatic N) is 1. The maximum Gasteiger partial charge on any atom is 0.418 e. The lowest BCUT2D eigenvalue weighted by Gasteiger charge is -2.23. The number of hydrogen-bond donors (Lipinski definition) is 1. The number of para-hydroxylation sites is 1. The number of hydrogen-bond acceptors (Lipinski definition) is 2. The Morgan fingerprint density at radius 2 is 2.15 bits per heavy atom. The molecule has 7 heteroatoms. The third kappa shape index (κ3) is 2.24. The molecule has 1 atom stereocenters. The Morgan fingerprint density at radius 3 is 2.80 bits per heavy atom. The minimum atomic E-state index is -4.46. The van der Waals surface area contributed by atoms with Crippen molar-refractivity contribution < 1.29 is 13.2 Å². The number of imidazole rings is 1. The lowest BCUT2D eigenvalue weighted by atomic mass is 10.1. The first-order chi connectivity index (χ1) is 9.48. The summed E-state index contributed by atoms with van der Waals surface area (Å²) in [5, 5.41) is 0. The van der Waals surface area contributed by atoms with Crippen LogP contribution >= 0.6 is 11.8 Å². The van der Waals surface area contributed by atoms with E-state index in [9.17, 15) is 18.0 Å². The largest absolute Gasteiger partial charge is 0.418 e. The number of alkyl halides is 3. The van der Waals surface area contributed by atoms with Crippen LogP contribution in [0.3, 0.4) is 0 Å². The molecule has 2 aromatic rings. The molecule has 1 saturated heterocycles. The van der Waals surface area contributed by atoms with E-state index in [4.69, 9.17) is 0 Å². The summed E-state index contributed by atoms with van der Waals surface area (Å²) in [5.74, 6) is 1.68. The van der Waals surface area contributed by atoms with Gasteiger partial charge in [0.1, 0.15) is 0 Å². The van der Waals surface area contributed by atoms with Crippen molar-refractivity contribution in [2.24, 2.45) is 0 Å². The second-order valence-electron chi connectivity index (χ2n) is 4.87. The van der Waals surface area contributed by atoms with Gasteiger partial charge in [-0.05, 0) is 30.7 Å². The molecule has 0 aliphatic carbocycles. The van der Waals surface area contributed by atoms with Gasteiger partial charge in [-0.2, -0.15) is 24.9 Å². The van der Waals surface area contributed by atoms with Gasteiger partial charge in [0.05, 0.1) is 16.6 Å². The average Bonchev–Trinajstić information content (AvgIpc) is 2.74. The maximum atomic E-state index is 13.1. The summed E-state index contributed by atoms with van der Waals surface area (Å²) in [5.41, 5.74) is -0.967. The van der Waals surface area contributed by atoms with Gasteiger partial charge in [-0.3, -0.25) is 4.57 Å². The number of nitrogens with one attached hydrogen (secondary N) is 1. The van der Waals surface area contributed by atoms with Gasteiger partial charge in [-0.15, -0.1) is 0 Å². The van der Waals surface area contributed by atoms with Crippen LogP contribution in [0.5, 0.6) is 0 Å². The summed E-state index contributed by atoms with van der Waals surface area (Å²) in [4.78, 5) is 14.6. The van der Waals surface area contributed by atoms with E-state index in [1.807, 2.05) is 0 Å². The molecule has 0 amide bonds. The van der Waals surface area contributed by atoms with Gasteiger partial charge in [0.25, 0.3) is 0 Å². The smallest absolute Gasteiger partial charge is 0.306 e. The van der Waals surface area contributed by atoms with Crippen molar-refractivity contribution in [1.29, 1.82) is 0 Å². The molecule has 0 radical (unpaired) electrons. The van der Waals surface area contributed by atoms with Crippen LogP contribution in [-0.2, 0) is 6.18 Å². The molecule has 1 unspecified atom stereocenters. The van der Waals surface area contributed by atoms with Gasteiger partial charge < -0.3 is 4.98 Å².